The fourth-order valence-electron chi connectivity index (χ4n) is 7.33. The van der Waals surface area contributed by atoms with E-state index in [1.807, 2.05) is 53.8 Å². The summed E-state index contributed by atoms with van der Waals surface area (Å²) in [7, 11) is 0. The van der Waals surface area contributed by atoms with Crippen molar-refractivity contribution in [3.8, 4) is 22.6 Å². The molecule has 0 saturated carbocycles. The summed E-state index contributed by atoms with van der Waals surface area (Å²) in [5, 5.41) is 4.69. The zero-order valence-corrected chi connectivity index (χ0v) is 27.3. The number of rotatable bonds is 6. The smallest absolute Gasteiger partial charge is 0.227 e. The third-order valence-corrected chi connectivity index (χ3v) is 11.0. The van der Waals surface area contributed by atoms with Crippen LogP contribution < -0.4 is 0 Å². The quantitative estimate of drug-likeness (QED) is 0.180. The van der Waals surface area contributed by atoms with E-state index in [1.165, 1.54) is 48.0 Å². The molecule has 0 bridgehead atoms. The molecule has 0 aliphatic rings. The van der Waals surface area contributed by atoms with Gasteiger partial charge in [0, 0.05) is 37.0 Å². The number of furan rings is 1. The number of aromatic nitrogens is 1. The van der Waals surface area contributed by atoms with Crippen LogP contribution in [0.4, 0.5) is 0 Å². The van der Waals surface area contributed by atoms with Gasteiger partial charge in [0.05, 0.1) is 5.39 Å². The van der Waals surface area contributed by atoms with Gasteiger partial charge in [-0.3, -0.25) is 0 Å². The topological polar surface area (TPSA) is 39.2 Å². The Morgan fingerprint density at radius 3 is 2.14 bits per heavy atom. The van der Waals surface area contributed by atoms with Crippen molar-refractivity contribution in [1.29, 1.82) is 0 Å². The molecule has 3 aromatic heterocycles. The first-order valence-electron chi connectivity index (χ1n) is 16.6. The average Bonchev–Trinajstić information content (AvgIpc) is 3.88. The number of nitrogens with zero attached hydrogens (tertiary/aromatic N) is 1. The van der Waals surface area contributed by atoms with Crippen LogP contribution in [0.25, 0.3) is 75.8 Å². The predicted molar refractivity (Wildman–Crippen MR) is 203 cm³/mol. The number of hydrogen-bond donors (Lipinski definition) is 0. The first-order valence-corrected chi connectivity index (χ1v) is 17.4. The van der Waals surface area contributed by atoms with E-state index in [1.54, 1.807) is 0 Å². The maximum Gasteiger partial charge on any atom is 0.227 e. The summed E-state index contributed by atoms with van der Waals surface area (Å²) in [6.45, 7) is 0. The van der Waals surface area contributed by atoms with Gasteiger partial charge in [-0.2, -0.15) is 0 Å². The predicted octanol–water partition coefficient (Wildman–Crippen LogP) is 12.8. The molecule has 7 aromatic carbocycles. The third-order valence-electron chi connectivity index (χ3n) is 9.75. The van der Waals surface area contributed by atoms with Crippen LogP contribution in [0, 0.1) is 0 Å². The minimum absolute atomic E-state index is 0.160. The Morgan fingerprint density at radius 1 is 0.531 bits per heavy atom. The monoisotopic (exact) mass is 647 g/mol. The van der Waals surface area contributed by atoms with Crippen LogP contribution in [0.15, 0.2) is 167 Å². The van der Waals surface area contributed by atoms with Crippen LogP contribution in [-0.4, -0.2) is 4.98 Å². The van der Waals surface area contributed by atoms with Gasteiger partial charge in [-0.05, 0) is 70.6 Å². The van der Waals surface area contributed by atoms with Gasteiger partial charge in [-0.15, -0.1) is 11.3 Å². The van der Waals surface area contributed by atoms with Gasteiger partial charge in [0.15, 0.2) is 5.58 Å². The van der Waals surface area contributed by atoms with Crippen LogP contribution in [0.1, 0.15) is 22.6 Å². The van der Waals surface area contributed by atoms with Gasteiger partial charge in [0.2, 0.25) is 5.89 Å². The summed E-state index contributed by atoms with van der Waals surface area (Å²) in [5.41, 5.74) is 10.5. The highest BCUT2D eigenvalue weighted by atomic mass is 32.1. The van der Waals surface area contributed by atoms with Crippen LogP contribution in [0.5, 0.6) is 0 Å². The highest BCUT2D eigenvalue weighted by molar-refractivity contribution is 7.26. The molecule has 1 atom stereocenters. The molecule has 49 heavy (non-hydrogen) atoms. The van der Waals surface area contributed by atoms with E-state index in [-0.39, 0.29) is 5.92 Å². The van der Waals surface area contributed by atoms with Crippen molar-refractivity contribution >= 4 is 64.5 Å². The second kappa shape index (κ2) is 11.3. The van der Waals surface area contributed by atoms with E-state index in [4.69, 9.17) is 13.8 Å². The first-order chi connectivity index (χ1) is 24.3. The Balaban J connectivity index is 1.02. The maximum atomic E-state index is 6.49. The standard InChI is InChI=1S/C45H29NO2S/c1-3-10-29(11-4-1)37(26-28-18-20-30(21-19-28)33-15-9-16-35-34-14-7-8-17-41(34)49-44(33)35)32-22-23-36-40(27-32)47-38-24-25-39-43(42(36)38)46-45(48-39)31-12-5-2-6-13-31/h1-25,27,37H,26H2. The first kappa shape index (κ1) is 28.1. The van der Waals surface area contributed by atoms with Crippen molar-refractivity contribution in [2.24, 2.45) is 0 Å². The van der Waals surface area contributed by atoms with E-state index in [0.29, 0.717) is 5.89 Å². The van der Waals surface area contributed by atoms with Gasteiger partial charge in [0.25, 0.3) is 0 Å². The number of hydrogen-bond acceptors (Lipinski definition) is 4. The molecule has 1 unspecified atom stereocenters. The van der Waals surface area contributed by atoms with Crippen LogP contribution >= 0.6 is 11.3 Å². The molecule has 0 aliphatic heterocycles. The Kier molecular flexibility index (Phi) is 6.49. The lowest BCUT2D eigenvalue weighted by molar-refractivity contribution is 0.619. The number of fused-ring (bicyclic) bond motifs is 8. The summed E-state index contributed by atoms with van der Waals surface area (Å²) in [4.78, 5) is 4.92. The molecule has 3 heterocycles. The lowest BCUT2D eigenvalue weighted by Crippen LogP contribution is -2.05. The lowest BCUT2D eigenvalue weighted by Gasteiger charge is -2.19. The Morgan fingerprint density at radius 2 is 1.29 bits per heavy atom. The van der Waals surface area contributed by atoms with Crippen LogP contribution in [-0.2, 0) is 6.42 Å². The van der Waals surface area contributed by atoms with Crippen molar-refractivity contribution in [2.45, 2.75) is 12.3 Å². The molecule has 0 fully saturated rings. The fourth-order valence-corrected chi connectivity index (χ4v) is 8.57. The number of oxazole rings is 1. The van der Waals surface area contributed by atoms with Crippen molar-refractivity contribution in [1.82, 2.24) is 4.98 Å². The van der Waals surface area contributed by atoms with Crippen molar-refractivity contribution in [3.63, 3.8) is 0 Å². The highest BCUT2D eigenvalue weighted by Crippen LogP contribution is 2.41. The Labute approximate surface area is 286 Å². The second-order valence-electron chi connectivity index (χ2n) is 12.7. The molecule has 232 valence electrons. The largest absolute Gasteiger partial charge is 0.456 e. The van der Waals surface area contributed by atoms with E-state index < -0.39 is 0 Å². The fraction of sp³-hybridized carbons (Fsp3) is 0.0444. The zero-order chi connectivity index (χ0) is 32.3. The maximum absolute atomic E-state index is 6.49. The summed E-state index contributed by atoms with van der Waals surface area (Å²) in [6.07, 6.45) is 0.872. The second-order valence-corrected chi connectivity index (χ2v) is 13.7. The van der Waals surface area contributed by atoms with E-state index >= 15 is 0 Å². The number of benzene rings is 7. The van der Waals surface area contributed by atoms with Gasteiger partial charge in [-0.1, -0.05) is 121 Å². The summed E-state index contributed by atoms with van der Waals surface area (Å²) >= 11 is 1.88. The summed E-state index contributed by atoms with van der Waals surface area (Å²) in [6, 6.07) is 56.0. The van der Waals surface area contributed by atoms with E-state index in [2.05, 4.69) is 115 Å². The minimum atomic E-state index is 0.160. The minimum Gasteiger partial charge on any atom is -0.456 e. The molecule has 0 aliphatic carbocycles. The van der Waals surface area contributed by atoms with Gasteiger partial charge in [-0.25, -0.2) is 4.98 Å². The molecular weight excluding hydrogens is 619 g/mol. The molecular formula is C45H29NO2S. The molecule has 0 saturated heterocycles. The molecule has 0 amide bonds. The van der Waals surface area contributed by atoms with Crippen molar-refractivity contribution in [2.75, 3.05) is 0 Å². The van der Waals surface area contributed by atoms with Crippen LogP contribution in [0.3, 0.4) is 0 Å². The highest BCUT2D eigenvalue weighted by Gasteiger charge is 2.20. The number of thiophene rings is 1. The Hall–Kier alpha value is -5.97. The normalized spacial score (nSPS) is 12.5. The molecule has 3 nitrogen and oxygen atoms in total. The average molecular weight is 648 g/mol. The van der Waals surface area contributed by atoms with Crippen molar-refractivity contribution in [3.05, 3.63) is 174 Å². The van der Waals surface area contributed by atoms with Gasteiger partial charge >= 0.3 is 0 Å². The molecule has 4 heteroatoms. The molecule has 0 spiro atoms. The molecule has 0 N–H and O–H groups in total. The van der Waals surface area contributed by atoms with E-state index in [0.717, 1.165) is 45.0 Å². The third kappa shape index (κ3) is 4.75. The van der Waals surface area contributed by atoms with Gasteiger partial charge in [0.1, 0.15) is 16.7 Å². The molecule has 10 rings (SSSR count). The lowest BCUT2D eigenvalue weighted by atomic mass is 9.85. The zero-order valence-electron chi connectivity index (χ0n) is 26.5. The van der Waals surface area contributed by atoms with Crippen molar-refractivity contribution < 1.29 is 8.83 Å². The Bertz CT molecular complexity index is 2790. The van der Waals surface area contributed by atoms with E-state index in [9.17, 15) is 0 Å². The summed E-state index contributed by atoms with van der Waals surface area (Å²) < 4.78 is 15.4. The SMILES string of the molecule is c1ccc(-c2nc3c(ccc4oc5cc(C(Cc6ccc(-c7cccc8c7sc7ccccc78)cc6)c6ccccc6)ccc5c43)o2)cc1. The van der Waals surface area contributed by atoms with Crippen LogP contribution in [0.2, 0.25) is 0 Å². The van der Waals surface area contributed by atoms with Gasteiger partial charge < -0.3 is 8.83 Å². The molecule has 0 radical (unpaired) electrons. The molecule has 10 aromatic rings. The summed E-state index contributed by atoms with van der Waals surface area (Å²) in [5.74, 6) is 0.775.